The highest BCUT2D eigenvalue weighted by Gasteiger charge is 2.56. The van der Waals surface area contributed by atoms with Crippen molar-refractivity contribution in [2.75, 3.05) is 13.1 Å². The minimum absolute atomic E-state index is 0.0360. The maximum absolute atomic E-state index is 13.8. The molecule has 2 aromatic rings. The average Bonchev–Trinajstić information content (AvgIpc) is 3.23. The number of nitrogens with one attached hydrogen (secondary N) is 1. The Balaban J connectivity index is 1.88. The van der Waals surface area contributed by atoms with Crippen molar-refractivity contribution in [3.8, 4) is 0 Å². The van der Waals surface area contributed by atoms with Gasteiger partial charge in [-0.1, -0.05) is 60.7 Å². The van der Waals surface area contributed by atoms with E-state index < -0.39 is 47.8 Å². The summed E-state index contributed by atoms with van der Waals surface area (Å²) in [6, 6.07) is 15.9. The van der Waals surface area contributed by atoms with Gasteiger partial charge in [-0.15, -0.1) is 0 Å². The second-order valence-corrected chi connectivity index (χ2v) is 8.50. The first kappa shape index (κ1) is 25.1. The summed E-state index contributed by atoms with van der Waals surface area (Å²) in [5.74, 6) is -3.98. The van der Waals surface area contributed by atoms with Crippen molar-refractivity contribution in [3.05, 3.63) is 71.8 Å². The SMILES string of the molecule is N[C@@H](Cc1ccccc1)C(=O)N[C@@H](Cc1ccccc1)C(=O)[C@@]1(C(=O)O)CCCN1CC(=O)O. The van der Waals surface area contributed by atoms with Crippen LogP contribution in [0.25, 0.3) is 0 Å². The molecular formula is C25H29N3O6. The summed E-state index contributed by atoms with van der Waals surface area (Å²) in [7, 11) is 0. The number of amides is 1. The number of nitrogens with zero attached hydrogens (tertiary/aromatic N) is 1. The highest BCUT2D eigenvalue weighted by molar-refractivity contribution is 6.11. The molecule has 1 aliphatic rings. The summed E-state index contributed by atoms with van der Waals surface area (Å²) in [6.07, 6.45) is 0.615. The predicted octanol–water partition coefficient (Wildman–Crippen LogP) is 0.857. The van der Waals surface area contributed by atoms with Crippen molar-refractivity contribution in [3.63, 3.8) is 0 Å². The van der Waals surface area contributed by atoms with E-state index in [9.17, 15) is 29.4 Å². The normalized spacial score (nSPS) is 19.8. The molecule has 2 aromatic carbocycles. The molecule has 5 N–H and O–H groups in total. The van der Waals surface area contributed by atoms with Crippen molar-refractivity contribution in [2.45, 2.75) is 43.3 Å². The lowest BCUT2D eigenvalue weighted by molar-refractivity contribution is -0.158. The van der Waals surface area contributed by atoms with E-state index in [1.165, 1.54) is 4.90 Å². The summed E-state index contributed by atoms with van der Waals surface area (Å²) in [4.78, 5) is 51.6. The molecule has 0 unspecified atom stereocenters. The number of rotatable bonds is 11. The molecule has 9 heteroatoms. The summed E-state index contributed by atoms with van der Waals surface area (Å²) in [6.45, 7) is -0.429. The second-order valence-electron chi connectivity index (χ2n) is 8.50. The minimum atomic E-state index is -2.03. The lowest BCUT2D eigenvalue weighted by Gasteiger charge is -2.35. The molecule has 0 aromatic heterocycles. The maximum Gasteiger partial charge on any atom is 0.332 e. The lowest BCUT2D eigenvalue weighted by Crippen LogP contribution is -2.64. The Bertz CT molecular complexity index is 1030. The Hall–Kier alpha value is -3.56. The van der Waals surface area contributed by atoms with E-state index in [0.29, 0.717) is 6.42 Å². The van der Waals surface area contributed by atoms with Gasteiger partial charge in [-0.2, -0.15) is 0 Å². The third-order valence-electron chi connectivity index (χ3n) is 6.14. The van der Waals surface area contributed by atoms with Crippen LogP contribution in [0.5, 0.6) is 0 Å². The first-order chi connectivity index (χ1) is 16.2. The van der Waals surface area contributed by atoms with Crippen LogP contribution in [0.2, 0.25) is 0 Å². The van der Waals surface area contributed by atoms with Crippen molar-refractivity contribution < 1.29 is 29.4 Å². The van der Waals surface area contributed by atoms with Gasteiger partial charge < -0.3 is 21.3 Å². The monoisotopic (exact) mass is 467 g/mol. The fourth-order valence-electron chi connectivity index (χ4n) is 4.47. The van der Waals surface area contributed by atoms with Gasteiger partial charge in [-0.05, 0) is 36.8 Å². The summed E-state index contributed by atoms with van der Waals surface area (Å²) in [5, 5.41) is 22.0. The van der Waals surface area contributed by atoms with Gasteiger partial charge in [-0.3, -0.25) is 19.3 Å². The van der Waals surface area contributed by atoms with E-state index in [-0.39, 0.29) is 25.8 Å². The number of aliphatic carboxylic acids is 2. The number of carboxylic acids is 2. The molecule has 0 saturated carbocycles. The Morgan fingerprint density at radius 3 is 2.03 bits per heavy atom. The molecule has 3 atom stereocenters. The smallest absolute Gasteiger partial charge is 0.332 e. The van der Waals surface area contributed by atoms with Crippen LogP contribution in [0.1, 0.15) is 24.0 Å². The van der Waals surface area contributed by atoms with Gasteiger partial charge in [0.15, 0.2) is 11.3 Å². The number of carbonyl (C=O) groups is 4. The van der Waals surface area contributed by atoms with Gasteiger partial charge in [-0.25, -0.2) is 4.79 Å². The molecule has 3 rings (SSSR count). The summed E-state index contributed by atoms with van der Waals surface area (Å²) in [5.41, 5.74) is 5.64. The van der Waals surface area contributed by atoms with Crippen LogP contribution in [0.4, 0.5) is 0 Å². The maximum atomic E-state index is 13.8. The fraction of sp³-hybridized carbons (Fsp3) is 0.360. The van der Waals surface area contributed by atoms with Gasteiger partial charge >= 0.3 is 11.9 Å². The van der Waals surface area contributed by atoms with E-state index in [1.807, 2.05) is 30.3 Å². The first-order valence-electron chi connectivity index (χ1n) is 11.1. The minimum Gasteiger partial charge on any atom is -0.480 e. The molecule has 180 valence electrons. The van der Waals surface area contributed by atoms with Crippen LogP contribution < -0.4 is 11.1 Å². The third kappa shape index (κ3) is 5.67. The molecule has 0 radical (unpaired) electrons. The van der Waals surface area contributed by atoms with Crippen molar-refractivity contribution in [1.29, 1.82) is 0 Å². The molecule has 1 saturated heterocycles. The van der Waals surface area contributed by atoms with Crippen LogP contribution >= 0.6 is 0 Å². The van der Waals surface area contributed by atoms with Gasteiger partial charge in [0.05, 0.1) is 18.6 Å². The quantitative estimate of drug-likeness (QED) is 0.355. The Kier molecular flexibility index (Phi) is 8.14. The van der Waals surface area contributed by atoms with Crippen LogP contribution in [0.3, 0.4) is 0 Å². The van der Waals surface area contributed by atoms with Gasteiger partial charge in [0.2, 0.25) is 5.91 Å². The van der Waals surface area contributed by atoms with E-state index in [4.69, 9.17) is 5.73 Å². The van der Waals surface area contributed by atoms with E-state index >= 15 is 0 Å². The molecular weight excluding hydrogens is 438 g/mol. The zero-order valence-corrected chi connectivity index (χ0v) is 18.7. The number of hydrogen-bond acceptors (Lipinski definition) is 6. The average molecular weight is 468 g/mol. The molecule has 1 aliphatic heterocycles. The number of carboxylic acid groups (broad SMARTS) is 2. The predicted molar refractivity (Wildman–Crippen MR) is 124 cm³/mol. The van der Waals surface area contributed by atoms with Crippen LogP contribution in [0.15, 0.2) is 60.7 Å². The highest BCUT2D eigenvalue weighted by atomic mass is 16.4. The lowest BCUT2D eigenvalue weighted by atomic mass is 9.84. The topological polar surface area (TPSA) is 150 Å². The van der Waals surface area contributed by atoms with Crippen LogP contribution in [0, 0.1) is 0 Å². The highest BCUT2D eigenvalue weighted by Crippen LogP contribution is 2.32. The van der Waals surface area contributed by atoms with Crippen molar-refractivity contribution in [2.24, 2.45) is 5.73 Å². The van der Waals surface area contributed by atoms with E-state index in [2.05, 4.69) is 5.32 Å². The number of nitrogens with two attached hydrogens (primary N) is 1. The Morgan fingerprint density at radius 1 is 0.941 bits per heavy atom. The molecule has 0 bridgehead atoms. The molecule has 0 spiro atoms. The number of likely N-dealkylation sites (tertiary alicyclic amines) is 1. The number of ketones is 1. The summed E-state index contributed by atoms with van der Waals surface area (Å²) < 4.78 is 0. The number of hydrogen-bond donors (Lipinski definition) is 4. The van der Waals surface area contributed by atoms with Gasteiger partial charge in [0, 0.05) is 6.54 Å². The molecule has 1 heterocycles. The zero-order chi connectivity index (χ0) is 24.7. The third-order valence-corrected chi connectivity index (χ3v) is 6.14. The molecule has 1 amide bonds. The van der Waals surface area contributed by atoms with Gasteiger partial charge in [0.25, 0.3) is 0 Å². The fourth-order valence-corrected chi connectivity index (χ4v) is 4.47. The van der Waals surface area contributed by atoms with E-state index in [1.54, 1.807) is 30.3 Å². The van der Waals surface area contributed by atoms with Crippen molar-refractivity contribution in [1.82, 2.24) is 10.2 Å². The molecule has 34 heavy (non-hydrogen) atoms. The Labute approximate surface area is 197 Å². The number of Topliss-reactive ketones (excluding diaryl/α,β-unsaturated/α-hetero) is 1. The second kappa shape index (κ2) is 11.0. The molecule has 9 nitrogen and oxygen atoms in total. The van der Waals surface area contributed by atoms with E-state index in [0.717, 1.165) is 11.1 Å². The van der Waals surface area contributed by atoms with Gasteiger partial charge in [0.1, 0.15) is 0 Å². The van der Waals surface area contributed by atoms with Crippen molar-refractivity contribution >= 4 is 23.6 Å². The first-order valence-corrected chi connectivity index (χ1v) is 11.1. The molecule has 0 aliphatic carbocycles. The van der Waals surface area contributed by atoms with Crippen LogP contribution in [-0.2, 0) is 32.0 Å². The number of carbonyl (C=O) groups excluding carboxylic acids is 2. The standard InChI is InChI=1S/C25H29N3O6/c26-19(14-17-8-3-1-4-9-17)23(32)27-20(15-18-10-5-2-6-11-18)22(31)25(24(33)34)12-7-13-28(25)16-21(29)30/h1-6,8-11,19-20H,7,12-16,26H2,(H,27,32)(H,29,30)(H,33,34)/t19-,20-,25+/m0/s1. The Morgan fingerprint density at radius 2 is 1.50 bits per heavy atom. The van der Waals surface area contributed by atoms with Crippen LogP contribution in [-0.4, -0.2) is 69.5 Å². The summed E-state index contributed by atoms with van der Waals surface area (Å²) >= 11 is 0. The zero-order valence-electron chi connectivity index (χ0n) is 18.7. The largest absolute Gasteiger partial charge is 0.480 e. The number of benzene rings is 2. The molecule has 1 fully saturated rings.